The molecule has 1 aliphatic rings. The summed E-state index contributed by atoms with van der Waals surface area (Å²) in [6.45, 7) is 2.26. The van der Waals surface area contributed by atoms with Gasteiger partial charge in [0.25, 0.3) is 0 Å². The highest BCUT2D eigenvalue weighted by atomic mass is 16.5. The summed E-state index contributed by atoms with van der Waals surface area (Å²) in [6.07, 6.45) is 16.9. The van der Waals surface area contributed by atoms with Crippen molar-refractivity contribution in [1.29, 1.82) is 0 Å². The van der Waals surface area contributed by atoms with E-state index in [2.05, 4.69) is 6.92 Å². The fourth-order valence-electron chi connectivity index (χ4n) is 3.43. The number of rotatable bonds is 9. The monoisotopic (exact) mass is 255 g/mol. The second kappa shape index (κ2) is 8.92. The molecular formula is C16H33NO. The Morgan fingerprint density at radius 2 is 1.44 bits per heavy atom. The lowest BCUT2D eigenvalue weighted by molar-refractivity contribution is -0.888. The van der Waals surface area contributed by atoms with E-state index in [1.54, 1.807) is 0 Å². The molecule has 0 aliphatic heterocycles. The van der Waals surface area contributed by atoms with Gasteiger partial charge in [-0.05, 0) is 19.3 Å². The third kappa shape index (κ3) is 5.27. The summed E-state index contributed by atoms with van der Waals surface area (Å²) in [5.41, 5.74) is 0.0850. The van der Waals surface area contributed by atoms with Gasteiger partial charge in [-0.1, -0.05) is 51.9 Å². The zero-order valence-corrected chi connectivity index (χ0v) is 12.6. The van der Waals surface area contributed by atoms with Crippen LogP contribution in [0, 0.1) is 5.21 Å². The molecule has 1 fully saturated rings. The molecule has 0 radical (unpaired) electrons. The molecule has 0 spiro atoms. The normalized spacial score (nSPS) is 20.8. The van der Waals surface area contributed by atoms with Crippen LogP contribution in [0.5, 0.6) is 0 Å². The molecule has 1 atom stereocenters. The van der Waals surface area contributed by atoms with Crippen LogP contribution in [0.2, 0.25) is 0 Å². The Morgan fingerprint density at radius 1 is 0.889 bits per heavy atom. The first-order valence-electron chi connectivity index (χ1n) is 8.22. The molecule has 0 amide bonds. The summed E-state index contributed by atoms with van der Waals surface area (Å²) in [5.74, 6) is 0. The van der Waals surface area contributed by atoms with Gasteiger partial charge in [-0.25, -0.2) is 0 Å². The van der Waals surface area contributed by atoms with E-state index < -0.39 is 0 Å². The SMILES string of the molecule is CCCCCCCCCC1([NH+](C)[O-])CCCCC1. The molecule has 2 nitrogen and oxygen atoms in total. The molecule has 1 rings (SSSR count). The molecule has 1 aliphatic carbocycles. The van der Waals surface area contributed by atoms with Crippen LogP contribution in [0.3, 0.4) is 0 Å². The lowest BCUT2D eigenvalue weighted by atomic mass is 9.78. The van der Waals surface area contributed by atoms with Crippen LogP contribution in [-0.4, -0.2) is 12.6 Å². The minimum atomic E-state index is 0.0850. The Hall–Kier alpha value is -0.0800. The van der Waals surface area contributed by atoms with Gasteiger partial charge >= 0.3 is 0 Å². The number of hydrogen-bond donors (Lipinski definition) is 1. The van der Waals surface area contributed by atoms with E-state index in [9.17, 15) is 5.21 Å². The maximum Gasteiger partial charge on any atom is 0.0971 e. The van der Waals surface area contributed by atoms with Gasteiger partial charge in [-0.2, -0.15) is 0 Å². The molecule has 108 valence electrons. The number of hydrogen-bond acceptors (Lipinski definition) is 1. The summed E-state index contributed by atoms with van der Waals surface area (Å²) in [5, 5.41) is 12.4. The van der Waals surface area contributed by atoms with Crippen molar-refractivity contribution in [2.75, 3.05) is 7.05 Å². The topological polar surface area (TPSA) is 27.5 Å². The Kier molecular flexibility index (Phi) is 7.92. The fourth-order valence-corrected chi connectivity index (χ4v) is 3.43. The van der Waals surface area contributed by atoms with Gasteiger partial charge in [0.1, 0.15) is 0 Å². The molecule has 0 saturated heterocycles. The van der Waals surface area contributed by atoms with Crippen LogP contribution >= 0.6 is 0 Å². The second-order valence-electron chi connectivity index (χ2n) is 6.27. The largest absolute Gasteiger partial charge is 0.634 e. The summed E-state index contributed by atoms with van der Waals surface area (Å²) >= 11 is 0. The first-order valence-corrected chi connectivity index (χ1v) is 8.22. The molecular weight excluding hydrogens is 222 g/mol. The lowest BCUT2D eigenvalue weighted by Crippen LogP contribution is -3.13. The van der Waals surface area contributed by atoms with Crippen LogP contribution in [0.4, 0.5) is 0 Å². The molecule has 0 aromatic rings. The lowest BCUT2D eigenvalue weighted by Gasteiger charge is -2.44. The molecule has 0 heterocycles. The fraction of sp³-hybridized carbons (Fsp3) is 1.00. The minimum Gasteiger partial charge on any atom is -0.634 e. The van der Waals surface area contributed by atoms with Crippen molar-refractivity contribution < 1.29 is 5.06 Å². The van der Waals surface area contributed by atoms with Crippen LogP contribution in [0.1, 0.15) is 90.4 Å². The van der Waals surface area contributed by atoms with E-state index in [-0.39, 0.29) is 5.54 Å². The maximum atomic E-state index is 11.9. The minimum absolute atomic E-state index is 0.0850. The highest BCUT2D eigenvalue weighted by Crippen LogP contribution is 2.30. The van der Waals surface area contributed by atoms with Crippen molar-refractivity contribution in [2.24, 2.45) is 0 Å². The van der Waals surface area contributed by atoms with E-state index in [4.69, 9.17) is 0 Å². The molecule has 18 heavy (non-hydrogen) atoms. The zero-order valence-electron chi connectivity index (χ0n) is 12.6. The number of hydroxylamine groups is 2. The van der Waals surface area contributed by atoms with Crippen molar-refractivity contribution in [1.82, 2.24) is 0 Å². The van der Waals surface area contributed by atoms with Gasteiger partial charge < -0.3 is 10.3 Å². The standard InChI is InChI=1S/C16H33NO/c1-3-4-5-6-7-8-10-13-16(17(2)18)14-11-9-12-15-16/h17H,3-15H2,1-2H3. The summed E-state index contributed by atoms with van der Waals surface area (Å²) in [7, 11) is 1.83. The summed E-state index contributed by atoms with van der Waals surface area (Å²) in [6, 6.07) is 0. The van der Waals surface area contributed by atoms with E-state index in [1.165, 1.54) is 64.2 Å². The summed E-state index contributed by atoms with van der Waals surface area (Å²) < 4.78 is 0. The number of nitrogens with one attached hydrogen (secondary N) is 1. The number of quaternary nitrogens is 1. The zero-order chi connectivity index (χ0) is 13.3. The molecule has 1 saturated carbocycles. The first kappa shape index (κ1) is 16.0. The van der Waals surface area contributed by atoms with Crippen LogP contribution in [0.25, 0.3) is 0 Å². The van der Waals surface area contributed by atoms with Crippen molar-refractivity contribution in [2.45, 2.75) is 95.9 Å². The van der Waals surface area contributed by atoms with E-state index in [1.807, 2.05) is 7.05 Å². The third-order valence-corrected chi connectivity index (χ3v) is 4.82. The smallest absolute Gasteiger partial charge is 0.0971 e. The summed E-state index contributed by atoms with van der Waals surface area (Å²) in [4.78, 5) is 0. The average Bonchev–Trinajstić information content (AvgIpc) is 2.38. The average molecular weight is 255 g/mol. The highest BCUT2D eigenvalue weighted by Gasteiger charge is 2.35. The van der Waals surface area contributed by atoms with Crippen molar-refractivity contribution in [3.8, 4) is 0 Å². The highest BCUT2D eigenvalue weighted by molar-refractivity contribution is 4.82. The Morgan fingerprint density at radius 3 is 2.00 bits per heavy atom. The van der Waals surface area contributed by atoms with Crippen molar-refractivity contribution >= 4 is 0 Å². The second-order valence-corrected chi connectivity index (χ2v) is 6.27. The van der Waals surface area contributed by atoms with Crippen LogP contribution < -0.4 is 5.06 Å². The van der Waals surface area contributed by atoms with Crippen molar-refractivity contribution in [3.63, 3.8) is 0 Å². The van der Waals surface area contributed by atoms with Gasteiger partial charge in [-0.15, -0.1) is 0 Å². The van der Waals surface area contributed by atoms with E-state index >= 15 is 0 Å². The molecule has 2 heteroatoms. The Bertz CT molecular complexity index is 197. The molecule has 0 bridgehead atoms. The molecule has 0 aromatic heterocycles. The number of unbranched alkanes of at least 4 members (excludes halogenated alkanes) is 6. The van der Waals surface area contributed by atoms with E-state index in [0.29, 0.717) is 5.06 Å². The van der Waals surface area contributed by atoms with Gasteiger partial charge in [0, 0.05) is 19.3 Å². The first-order chi connectivity index (χ1) is 8.71. The van der Waals surface area contributed by atoms with Gasteiger partial charge in [0.05, 0.1) is 12.6 Å². The van der Waals surface area contributed by atoms with Crippen LogP contribution in [0.15, 0.2) is 0 Å². The molecule has 0 aromatic carbocycles. The van der Waals surface area contributed by atoms with Gasteiger partial charge in [0.2, 0.25) is 0 Å². The van der Waals surface area contributed by atoms with Crippen LogP contribution in [-0.2, 0) is 0 Å². The predicted molar refractivity (Wildman–Crippen MR) is 78.7 cm³/mol. The Balaban J connectivity index is 2.14. The third-order valence-electron chi connectivity index (χ3n) is 4.82. The van der Waals surface area contributed by atoms with Gasteiger partial charge in [-0.3, -0.25) is 0 Å². The van der Waals surface area contributed by atoms with Crippen molar-refractivity contribution in [3.05, 3.63) is 5.21 Å². The van der Waals surface area contributed by atoms with Gasteiger partial charge in [0.15, 0.2) is 0 Å². The predicted octanol–water partition coefficient (Wildman–Crippen LogP) is 3.84. The quantitative estimate of drug-likeness (QED) is 0.492. The van der Waals surface area contributed by atoms with E-state index in [0.717, 1.165) is 19.3 Å². The maximum absolute atomic E-state index is 11.9. The molecule has 1 unspecified atom stereocenters. The Labute approximate surface area is 114 Å². The molecule has 1 N–H and O–H groups in total.